The number of aromatic nitrogens is 3. The second-order valence-corrected chi connectivity index (χ2v) is 7.78. The molecule has 1 aromatic carbocycles. The largest absolute Gasteiger partial charge is 0.377 e. The molecule has 7 nitrogen and oxygen atoms in total. The summed E-state index contributed by atoms with van der Waals surface area (Å²) in [6.45, 7) is 5.05. The molecule has 0 bridgehead atoms. The molecule has 2 heterocycles. The first kappa shape index (κ1) is 18.9. The number of hydrogen-bond donors (Lipinski definition) is 2. The Bertz CT molecular complexity index is 812. The Hall–Kier alpha value is -2.41. The van der Waals surface area contributed by atoms with Crippen molar-refractivity contribution in [1.29, 1.82) is 0 Å². The molecule has 2 N–H and O–H groups in total. The van der Waals surface area contributed by atoms with Crippen LogP contribution < -0.4 is 10.6 Å². The van der Waals surface area contributed by atoms with Crippen molar-refractivity contribution in [3.8, 4) is 0 Å². The van der Waals surface area contributed by atoms with Crippen LogP contribution >= 0.6 is 0 Å². The maximum Gasteiger partial charge on any atom is 0.191 e. The van der Waals surface area contributed by atoms with Crippen molar-refractivity contribution in [3.05, 3.63) is 47.5 Å². The molecule has 0 spiro atoms. The van der Waals surface area contributed by atoms with Gasteiger partial charge in [0, 0.05) is 31.5 Å². The van der Waals surface area contributed by atoms with Crippen molar-refractivity contribution in [3.63, 3.8) is 0 Å². The van der Waals surface area contributed by atoms with Crippen LogP contribution in [-0.4, -0.2) is 47.0 Å². The monoisotopic (exact) mass is 382 g/mol. The molecular weight excluding hydrogens is 352 g/mol. The van der Waals surface area contributed by atoms with Gasteiger partial charge in [-0.2, -0.15) is 5.10 Å². The Morgan fingerprint density at radius 1 is 1.32 bits per heavy atom. The van der Waals surface area contributed by atoms with Crippen LogP contribution in [0.15, 0.2) is 35.3 Å². The number of aliphatic imine (C=N–C) groups is 1. The predicted octanol–water partition coefficient (Wildman–Crippen LogP) is 2.03. The fraction of sp³-hybridized carbons (Fsp3) is 0.571. The normalized spacial score (nSPS) is 20.5. The average molecular weight is 383 g/mol. The SMILES string of the molecule is CCNC(=NCC1(c2ccccc2)CC1)NC1CCc2nc(COC)nn2C1. The lowest BCUT2D eigenvalue weighted by Crippen LogP contribution is -2.47. The molecule has 1 saturated carbocycles. The molecule has 1 atom stereocenters. The van der Waals surface area contributed by atoms with E-state index in [1.165, 1.54) is 18.4 Å². The maximum absolute atomic E-state index is 5.15. The molecule has 1 aliphatic carbocycles. The summed E-state index contributed by atoms with van der Waals surface area (Å²) in [4.78, 5) is 9.49. The van der Waals surface area contributed by atoms with Gasteiger partial charge in [-0.15, -0.1) is 0 Å². The number of ether oxygens (including phenoxy) is 1. The summed E-state index contributed by atoms with van der Waals surface area (Å²) in [5, 5.41) is 11.6. The maximum atomic E-state index is 5.15. The van der Waals surface area contributed by atoms with E-state index in [0.717, 1.165) is 50.1 Å². The Balaban J connectivity index is 1.40. The van der Waals surface area contributed by atoms with Gasteiger partial charge in [0.2, 0.25) is 0 Å². The third kappa shape index (κ3) is 4.19. The molecule has 1 aromatic heterocycles. The number of nitrogens with zero attached hydrogens (tertiary/aromatic N) is 4. The van der Waals surface area contributed by atoms with Gasteiger partial charge in [0.25, 0.3) is 0 Å². The van der Waals surface area contributed by atoms with Crippen LogP contribution in [0.2, 0.25) is 0 Å². The molecule has 4 rings (SSSR count). The Kier molecular flexibility index (Phi) is 5.62. The third-order valence-electron chi connectivity index (χ3n) is 5.64. The molecule has 7 heteroatoms. The topological polar surface area (TPSA) is 76.4 Å². The highest BCUT2D eigenvalue weighted by atomic mass is 16.5. The number of benzene rings is 1. The van der Waals surface area contributed by atoms with E-state index in [-0.39, 0.29) is 5.41 Å². The zero-order valence-corrected chi connectivity index (χ0v) is 16.8. The Labute approximate surface area is 166 Å². The van der Waals surface area contributed by atoms with Crippen LogP contribution in [0.1, 0.15) is 43.4 Å². The highest BCUT2D eigenvalue weighted by Gasteiger charge is 2.44. The fourth-order valence-electron chi connectivity index (χ4n) is 3.89. The fourth-order valence-corrected chi connectivity index (χ4v) is 3.89. The molecule has 0 radical (unpaired) electrons. The van der Waals surface area contributed by atoms with Gasteiger partial charge < -0.3 is 15.4 Å². The molecule has 2 aliphatic rings. The molecule has 0 saturated heterocycles. The summed E-state index contributed by atoms with van der Waals surface area (Å²) in [5.74, 6) is 2.71. The molecule has 1 fully saturated rings. The van der Waals surface area contributed by atoms with Crippen LogP contribution in [0.5, 0.6) is 0 Å². The summed E-state index contributed by atoms with van der Waals surface area (Å²) in [7, 11) is 1.67. The smallest absolute Gasteiger partial charge is 0.191 e. The summed E-state index contributed by atoms with van der Waals surface area (Å²) in [5.41, 5.74) is 1.63. The molecule has 1 aliphatic heterocycles. The van der Waals surface area contributed by atoms with Crippen LogP contribution in [0.4, 0.5) is 0 Å². The van der Waals surface area contributed by atoms with Crippen LogP contribution in [0, 0.1) is 0 Å². The lowest BCUT2D eigenvalue weighted by atomic mass is 9.96. The third-order valence-corrected chi connectivity index (χ3v) is 5.64. The van der Waals surface area contributed by atoms with E-state index in [0.29, 0.717) is 12.6 Å². The van der Waals surface area contributed by atoms with Crippen LogP contribution in [0.25, 0.3) is 0 Å². The number of hydrogen-bond acceptors (Lipinski definition) is 4. The minimum Gasteiger partial charge on any atom is -0.377 e. The van der Waals surface area contributed by atoms with E-state index < -0.39 is 0 Å². The number of nitrogens with one attached hydrogen (secondary N) is 2. The summed E-state index contributed by atoms with van der Waals surface area (Å²) in [6, 6.07) is 11.1. The first-order valence-corrected chi connectivity index (χ1v) is 10.2. The van der Waals surface area contributed by atoms with Crippen molar-refractivity contribution in [2.24, 2.45) is 4.99 Å². The van der Waals surface area contributed by atoms with Gasteiger partial charge in [0.1, 0.15) is 12.4 Å². The van der Waals surface area contributed by atoms with Crippen molar-refractivity contribution < 1.29 is 4.74 Å². The van der Waals surface area contributed by atoms with E-state index >= 15 is 0 Å². The highest BCUT2D eigenvalue weighted by Crippen LogP contribution is 2.48. The van der Waals surface area contributed by atoms with Gasteiger partial charge in [0.05, 0.1) is 13.1 Å². The second-order valence-electron chi connectivity index (χ2n) is 7.78. The second kappa shape index (κ2) is 8.31. The number of guanidine groups is 1. The number of rotatable bonds is 7. The van der Waals surface area contributed by atoms with Gasteiger partial charge in [-0.1, -0.05) is 30.3 Å². The molecule has 28 heavy (non-hydrogen) atoms. The molecule has 2 aromatic rings. The zero-order chi connectivity index (χ0) is 19.4. The highest BCUT2D eigenvalue weighted by molar-refractivity contribution is 5.80. The molecule has 1 unspecified atom stereocenters. The quantitative estimate of drug-likeness (QED) is 0.566. The van der Waals surface area contributed by atoms with Crippen molar-refractivity contribution in [1.82, 2.24) is 25.4 Å². The number of methoxy groups -OCH3 is 1. The summed E-state index contributed by atoms with van der Waals surface area (Å²) < 4.78 is 7.16. The van der Waals surface area contributed by atoms with E-state index in [4.69, 9.17) is 9.73 Å². The first-order valence-electron chi connectivity index (χ1n) is 10.2. The van der Waals surface area contributed by atoms with Gasteiger partial charge >= 0.3 is 0 Å². The van der Waals surface area contributed by atoms with E-state index in [1.807, 2.05) is 4.68 Å². The number of fused-ring (bicyclic) bond motifs is 1. The van der Waals surface area contributed by atoms with E-state index in [2.05, 4.69) is 58.0 Å². The van der Waals surface area contributed by atoms with Crippen molar-refractivity contribution in [2.45, 2.75) is 57.2 Å². The zero-order valence-electron chi connectivity index (χ0n) is 16.8. The predicted molar refractivity (Wildman–Crippen MR) is 109 cm³/mol. The molecule has 150 valence electrons. The van der Waals surface area contributed by atoms with Gasteiger partial charge in [-0.3, -0.25) is 4.99 Å². The minimum atomic E-state index is 0.226. The first-order chi connectivity index (χ1) is 13.7. The minimum absolute atomic E-state index is 0.226. The van der Waals surface area contributed by atoms with E-state index in [9.17, 15) is 0 Å². The van der Waals surface area contributed by atoms with E-state index in [1.54, 1.807) is 7.11 Å². The standard InChI is InChI=1S/C21H30N6O/c1-3-22-20(23-15-21(11-12-21)16-7-5-4-6-8-16)24-17-9-10-19-25-18(14-28-2)26-27(19)13-17/h4-8,17H,3,9-15H2,1-2H3,(H2,22,23,24). The Morgan fingerprint density at radius 3 is 2.86 bits per heavy atom. The lowest BCUT2D eigenvalue weighted by molar-refractivity contribution is 0.177. The molecule has 0 amide bonds. The Morgan fingerprint density at radius 2 is 2.14 bits per heavy atom. The summed E-state index contributed by atoms with van der Waals surface area (Å²) >= 11 is 0. The number of aryl methyl sites for hydroxylation is 1. The molecular formula is C21H30N6O. The average Bonchev–Trinajstić information content (AvgIpc) is 3.40. The van der Waals surface area contributed by atoms with Crippen molar-refractivity contribution >= 4 is 5.96 Å². The summed E-state index contributed by atoms with van der Waals surface area (Å²) in [6.07, 6.45) is 4.38. The van der Waals surface area contributed by atoms with Gasteiger partial charge in [-0.05, 0) is 31.7 Å². The lowest BCUT2D eigenvalue weighted by Gasteiger charge is -2.25. The van der Waals surface area contributed by atoms with Crippen molar-refractivity contribution in [2.75, 3.05) is 20.2 Å². The van der Waals surface area contributed by atoms with Crippen LogP contribution in [0.3, 0.4) is 0 Å². The van der Waals surface area contributed by atoms with Gasteiger partial charge in [-0.25, -0.2) is 9.67 Å². The van der Waals surface area contributed by atoms with Gasteiger partial charge in [0.15, 0.2) is 11.8 Å². The van der Waals surface area contributed by atoms with Crippen LogP contribution in [-0.2, 0) is 29.7 Å².